The number of aliphatic hydroxyl groups excluding tert-OH is 1. The number of aliphatic hydroxyl groups is 1. The molecule has 1 heterocycles. The summed E-state index contributed by atoms with van der Waals surface area (Å²) in [6.07, 6.45) is 1.59. The Morgan fingerprint density at radius 2 is 2.40 bits per heavy atom. The minimum absolute atomic E-state index is 0.00236. The highest BCUT2D eigenvalue weighted by atomic mass is 16.5. The summed E-state index contributed by atoms with van der Waals surface area (Å²) in [6, 6.07) is 0. The monoisotopic (exact) mass is 215 g/mol. The van der Waals surface area contributed by atoms with Crippen molar-refractivity contribution in [2.45, 2.75) is 32.8 Å². The number of carbonyl (C=O) groups excluding carboxylic acids is 1. The molecule has 0 aromatic carbocycles. The van der Waals surface area contributed by atoms with Gasteiger partial charge in [-0.15, -0.1) is 0 Å². The summed E-state index contributed by atoms with van der Waals surface area (Å²) in [7, 11) is 0. The minimum Gasteiger partial charge on any atom is -0.466 e. The predicted octanol–water partition coefficient (Wildman–Crippen LogP) is 0.642. The molecule has 15 heavy (non-hydrogen) atoms. The van der Waals surface area contributed by atoms with Gasteiger partial charge in [-0.3, -0.25) is 9.69 Å². The molecule has 4 heteroatoms. The first-order valence-electron chi connectivity index (χ1n) is 5.70. The normalized spacial score (nSPS) is 24.9. The van der Waals surface area contributed by atoms with Gasteiger partial charge in [0.15, 0.2) is 0 Å². The summed E-state index contributed by atoms with van der Waals surface area (Å²) in [6.45, 7) is 6.40. The molecule has 0 radical (unpaired) electrons. The van der Waals surface area contributed by atoms with Gasteiger partial charge in [-0.1, -0.05) is 0 Å². The van der Waals surface area contributed by atoms with Crippen molar-refractivity contribution in [1.29, 1.82) is 0 Å². The molecule has 0 spiro atoms. The number of esters is 1. The lowest BCUT2D eigenvalue weighted by Gasteiger charge is -2.32. The van der Waals surface area contributed by atoms with E-state index in [0.717, 1.165) is 25.9 Å². The molecule has 4 nitrogen and oxygen atoms in total. The lowest BCUT2D eigenvalue weighted by atomic mass is 9.98. The molecule has 0 aromatic heterocycles. The number of rotatable bonds is 4. The molecule has 1 aliphatic rings. The minimum atomic E-state index is -0.328. The lowest BCUT2D eigenvalue weighted by Crippen LogP contribution is -2.42. The molecule has 0 aliphatic carbocycles. The number of hydrogen-bond donors (Lipinski definition) is 1. The van der Waals surface area contributed by atoms with Crippen LogP contribution in [0.3, 0.4) is 0 Å². The van der Waals surface area contributed by atoms with E-state index < -0.39 is 0 Å². The predicted molar refractivity (Wildman–Crippen MR) is 57.5 cm³/mol. The summed E-state index contributed by atoms with van der Waals surface area (Å²) < 4.78 is 5.01. The third-order valence-electron chi connectivity index (χ3n) is 2.65. The molecular formula is C11H21NO3. The molecule has 2 atom stereocenters. The Balaban J connectivity index is 2.38. The van der Waals surface area contributed by atoms with Gasteiger partial charge in [0, 0.05) is 13.1 Å². The molecule has 1 aliphatic heterocycles. The quantitative estimate of drug-likeness (QED) is 0.699. The number of piperidine rings is 1. The third-order valence-corrected chi connectivity index (χ3v) is 2.65. The zero-order chi connectivity index (χ0) is 11.3. The third kappa shape index (κ3) is 4.18. The Hall–Kier alpha value is -0.610. The van der Waals surface area contributed by atoms with Crippen LogP contribution in [0.1, 0.15) is 26.7 Å². The van der Waals surface area contributed by atoms with E-state index in [1.54, 1.807) is 6.92 Å². The highest BCUT2D eigenvalue weighted by Crippen LogP contribution is 2.17. The van der Waals surface area contributed by atoms with Crippen LogP contribution in [0.25, 0.3) is 0 Å². The smallest absolute Gasteiger partial charge is 0.310 e. The van der Waals surface area contributed by atoms with Crippen LogP contribution in [0.15, 0.2) is 0 Å². The fraction of sp³-hybridized carbons (Fsp3) is 0.909. The molecule has 1 rings (SSSR count). The number of likely N-dealkylation sites (tertiary alicyclic amines) is 1. The molecule has 1 unspecified atom stereocenters. The van der Waals surface area contributed by atoms with Crippen LogP contribution >= 0.6 is 0 Å². The average molecular weight is 215 g/mol. The summed E-state index contributed by atoms with van der Waals surface area (Å²) >= 11 is 0. The first-order chi connectivity index (χ1) is 7.13. The number of nitrogens with zero attached hydrogens (tertiary/aromatic N) is 1. The van der Waals surface area contributed by atoms with Gasteiger partial charge >= 0.3 is 5.97 Å². The van der Waals surface area contributed by atoms with E-state index in [0.29, 0.717) is 13.2 Å². The van der Waals surface area contributed by atoms with Crippen LogP contribution < -0.4 is 0 Å². The Morgan fingerprint density at radius 3 is 3.00 bits per heavy atom. The average Bonchev–Trinajstić information content (AvgIpc) is 2.17. The molecule has 1 fully saturated rings. The van der Waals surface area contributed by atoms with E-state index in [1.807, 2.05) is 6.92 Å². The molecule has 0 bridgehead atoms. The molecule has 1 saturated heterocycles. The first-order valence-corrected chi connectivity index (χ1v) is 5.70. The molecule has 88 valence electrons. The molecule has 0 saturated carbocycles. The Labute approximate surface area is 91.2 Å². The topological polar surface area (TPSA) is 49.8 Å². The van der Waals surface area contributed by atoms with Crippen molar-refractivity contribution < 1.29 is 14.6 Å². The van der Waals surface area contributed by atoms with Crippen LogP contribution in [0.4, 0.5) is 0 Å². The first kappa shape index (κ1) is 12.5. The van der Waals surface area contributed by atoms with Crippen LogP contribution in [0.2, 0.25) is 0 Å². The Kier molecular flexibility index (Phi) is 5.05. The number of ether oxygens (including phenoxy) is 1. The molecule has 1 N–H and O–H groups in total. The van der Waals surface area contributed by atoms with Gasteiger partial charge in [-0.05, 0) is 33.2 Å². The van der Waals surface area contributed by atoms with Crippen LogP contribution in [-0.4, -0.2) is 48.3 Å². The van der Waals surface area contributed by atoms with Gasteiger partial charge in [0.05, 0.1) is 18.6 Å². The maximum atomic E-state index is 11.5. The second-order valence-electron chi connectivity index (χ2n) is 4.20. The van der Waals surface area contributed by atoms with Crippen molar-refractivity contribution in [3.8, 4) is 0 Å². The van der Waals surface area contributed by atoms with Gasteiger partial charge in [0.1, 0.15) is 0 Å². The van der Waals surface area contributed by atoms with E-state index in [-0.39, 0.29) is 18.0 Å². The maximum absolute atomic E-state index is 11.5. The largest absolute Gasteiger partial charge is 0.466 e. The summed E-state index contributed by atoms with van der Waals surface area (Å²) in [4.78, 5) is 13.7. The zero-order valence-electron chi connectivity index (χ0n) is 9.61. The van der Waals surface area contributed by atoms with Crippen LogP contribution in [0, 0.1) is 5.92 Å². The maximum Gasteiger partial charge on any atom is 0.310 e. The zero-order valence-corrected chi connectivity index (χ0v) is 9.61. The molecule has 0 amide bonds. The van der Waals surface area contributed by atoms with Crippen molar-refractivity contribution in [3.05, 3.63) is 0 Å². The van der Waals surface area contributed by atoms with Crippen molar-refractivity contribution >= 4 is 5.97 Å². The summed E-state index contributed by atoms with van der Waals surface area (Å²) in [5.74, 6) is -0.0924. The highest BCUT2D eigenvalue weighted by molar-refractivity contribution is 5.72. The Morgan fingerprint density at radius 1 is 1.67 bits per heavy atom. The van der Waals surface area contributed by atoms with Crippen LogP contribution in [-0.2, 0) is 9.53 Å². The van der Waals surface area contributed by atoms with Gasteiger partial charge in [-0.2, -0.15) is 0 Å². The van der Waals surface area contributed by atoms with Gasteiger partial charge in [-0.25, -0.2) is 0 Å². The van der Waals surface area contributed by atoms with Crippen LogP contribution in [0.5, 0.6) is 0 Å². The summed E-state index contributed by atoms with van der Waals surface area (Å²) in [5, 5.41) is 9.28. The van der Waals surface area contributed by atoms with Gasteiger partial charge in [0.2, 0.25) is 0 Å². The second kappa shape index (κ2) is 6.08. The van der Waals surface area contributed by atoms with E-state index in [4.69, 9.17) is 4.74 Å². The van der Waals surface area contributed by atoms with Gasteiger partial charge < -0.3 is 9.84 Å². The SMILES string of the molecule is CCOC(=O)[C@@H]1CCCN(CC(C)O)C1. The number of hydrogen-bond acceptors (Lipinski definition) is 4. The fourth-order valence-electron chi connectivity index (χ4n) is 2.05. The van der Waals surface area contributed by atoms with E-state index in [2.05, 4.69) is 4.90 Å². The lowest BCUT2D eigenvalue weighted by molar-refractivity contribution is -0.150. The second-order valence-corrected chi connectivity index (χ2v) is 4.20. The van der Waals surface area contributed by atoms with E-state index in [1.165, 1.54) is 0 Å². The van der Waals surface area contributed by atoms with E-state index >= 15 is 0 Å². The van der Waals surface area contributed by atoms with Crippen molar-refractivity contribution in [1.82, 2.24) is 4.90 Å². The van der Waals surface area contributed by atoms with Crippen molar-refractivity contribution in [2.24, 2.45) is 5.92 Å². The highest BCUT2D eigenvalue weighted by Gasteiger charge is 2.26. The fourth-order valence-corrected chi connectivity index (χ4v) is 2.05. The number of β-amino-alcohol motifs (C(OH)–C–C–N with tert-alkyl or cyclic N) is 1. The van der Waals surface area contributed by atoms with Crippen molar-refractivity contribution in [3.63, 3.8) is 0 Å². The van der Waals surface area contributed by atoms with Crippen molar-refractivity contribution in [2.75, 3.05) is 26.2 Å². The standard InChI is InChI=1S/C11H21NO3/c1-3-15-11(14)10-5-4-6-12(8-10)7-9(2)13/h9-10,13H,3-8H2,1-2H3/t9?,10-/m1/s1. The Bertz CT molecular complexity index is 206. The molecule has 0 aromatic rings. The number of carbonyl (C=O) groups is 1. The van der Waals surface area contributed by atoms with Gasteiger partial charge in [0.25, 0.3) is 0 Å². The van der Waals surface area contributed by atoms with E-state index in [9.17, 15) is 9.90 Å². The molecular weight excluding hydrogens is 194 g/mol. The summed E-state index contributed by atoms with van der Waals surface area (Å²) in [5.41, 5.74) is 0.